The molecule has 0 amide bonds. The highest BCUT2D eigenvalue weighted by molar-refractivity contribution is 5.67. The van der Waals surface area contributed by atoms with Gasteiger partial charge < -0.3 is 18.6 Å². The van der Waals surface area contributed by atoms with Crippen molar-refractivity contribution in [3.63, 3.8) is 0 Å². The number of epoxide rings is 1. The average Bonchev–Trinajstić information content (AvgIpc) is 3.28. The molecular formula is C24H32O5. The van der Waals surface area contributed by atoms with Crippen LogP contribution >= 0.6 is 0 Å². The van der Waals surface area contributed by atoms with Crippen molar-refractivity contribution in [3.05, 3.63) is 56.7 Å². The van der Waals surface area contributed by atoms with Crippen molar-refractivity contribution in [3.8, 4) is 5.75 Å². The quantitative estimate of drug-likeness (QED) is 0.520. The van der Waals surface area contributed by atoms with Gasteiger partial charge in [-0.2, -0.15) is 0 Å². The molecule has 0 spiro atoms. The minimum absolute atomic E-state index is 0.0798. The Morgan fingerprint density at radius 2 is 1.69 bits per heavy atom. The maximum absolute atomic E-state index is 12.1. The lowest BCUT2D eigenvalue weighted by Gasteiger charge is -2.24. The Bertz CT molecular complexity index is 980. The molecule has 1 aromatic rings. The van der Waals surface area contributed by atoms with Gasteiger partial charge in [0.05, 0.1) is 18.8 Å². The van der Waals surface area contributed by atoms with Crippen LogP contribution in [0.1, 0.15) is 58.4 Å². The molecule has 2 aliphatic heterocycles. The van der Waals surface area contributed by atoms with E-state index in [9.17, 15) is 4.79 Å². The van der Waals surface area contributed by atoms with Crippen molar-refractivity contribution in [2.75, 3.05) is 7.11 Å². The number of hydrogen-bond donors (Lipinski definition) is 0. The molecular weight excluding hydrogens is 368 g/mol. The molecule has 2 saturated heterocycles. The van der Waals surface area contributed by atoms with Crippen LogP contribution in [-0.4, -0.2) is 30.5 Å². The molecule has 29 heavy (non-hydrogen) atoms. The third-order valence-electron chi connectivity index (χ3n) is 6.09. The van der Waals surface area contributed by atoms with Crippen LogP contribution in [-0.2, 0) is 9.47 Å². The summed E-state index contributed by atoms with van der Waals surface area (Å²) in [6, 6.07) is 0. The first-order chi connectivity index (χ1) is 13.4. The lowest BCUT2D eigenvalue weighted by atomic mass is 9.93. The zero-order valence-electron chi connectivity index (χ0n) is 18.9. The molecule has 0 aromatic carbocycles. The fourth-order valence-electron chi connectivity index (χ4n) is 4.59. The lowest BCUT2D eigenvalue weighted by Crippen LogP contribution is -2.30. The molecule has 2 fully saturated rings. The molecule has 3 rings (SSSR count). The summed E-state index contributed by atoms with van der Waals surface area (Å²) >= 11 is 0. The first-order valence-electron chi connectivity index (χ1n) is 10.0. The van der Waals surface area contributed by atoms with Gasteiger partial charge in [0.25, 0.3) is 0 Å². The van der Waals surface area contributed by atoms with Gasteiger partial charge in [-0.05, 0) is 67.0 Å². The molecule has 1 aromatic heterocycles. The Morgan fingerprint density at radius 3 is 2.21 bits per heavy atom. The molecule has 0 radical (unpaired) electrons. The zero-order chi connectivity index (χ0) is 21.7. The van der Waals surface area contributed by atoms with Crippen LogP contribution in [0.2, 0.25) is 0 Å². The van der Waals surface area contributed by atoms with E-state index in [4.69, 9.17) is 18.6 Å². The number of fused-ring (bicyclic) bond motifs is 1. The topological polar surface area (TPSA) is 61.2 Å². The lowest BCUT2D eigenvalue weighted by molar-refractivity contribution is -0.0719. The molecule has 0 unspecified atom stereocenters. The van der Waals surface area contributed by atoms with Gasteiger partial charge in [0.2, 0.25) is 0 Å². The maximum atomic E-state index is 12.1. The van der Waals surface area contributed by atoms with Crippen molar-refractivity contribution in [1.29, 1.82) is 0 Å². The monoisotopic (exact) mass is 400 g/mol. The number of ether oxygens (including phenoxy) is 3. The number of hydrogen-bond acceptors (Lipinski definition) is 5. The molecule has 0 N–H and O–H groups in total. The molecule has 3 heterocycles. The molecule has 0 aliphatic carbocycles. The Labute approximate surface area is 173 Å². The number of allylic oxidation sites excluding steroid dienone is 5. The fourth-order valence-corrected chi connectivity index (χ4v) is 4.59. The molecule has 5 nitrogen and oxygen atoms in total. The van der Waals surface area contributed by atoms with E-state index in [1.807, 2.05) is 26.8 Å². The Hall–Kier alpha value is -2.11. The van der Waals surface area contributed by atoms with Crippen molar-refractivity contribution in [2.24, 2.45) is 0 Å². The van der Waals surface area contributed by atoms with E-state index in [1.54, 1.807) is 14.0 Å². The first-order valence-corrected chi connectivity index (χ1v) is 10.0. The summed E-state index contributed by atoms with van der Waals surface area (Å²) in [5.74, 6) is 1.13. The van der Waals surface area contributed by atoms with Crippen molar-refractivity contribution < 1.29 is 18.6 Å². The van der Waals surface area contributed by atoms with E-state index in [2.05, 4.69) is 39.8 Å². The third-order valence-corrected chi connectivity index (χ3v) is 6.09. The van der Waals surface area contributed by atoms with Gasteiger partial charge in [-0.1, -0.05) is 23.3 Å². The predicted octanol–water partition coefficient (Wildman–Crippen LogP) is 4.90. The average molecular weight is 401 g/mol. The molecule has 0 bridgehead atoms. The van der Waals surface area contributed by atoms with E-state index < -0.39 is 5.60 Å². The Morgan fingerprint density at radius 1 is 1.03 bits per heavy atom. The largest absolute Gasteiger partial charge is 0.496 e. The second-order valence-electron chi connectivity index (χ2n) is 8.73. The second kappa shape index (κ2) is 7.29. The summed E-state index contributed by atoms with van der Waals surface area (Å²) in [4.78, 5) is 12.1. The summed E-state index contributed by atoms with van der Waals surface area (Å²) in [5.41, 5.74) is 3.37. The van der Waals surface area contributed by atoms with Crippen molar-refractivity contribution in [2.45, 2.75) is 78.8 Å². The highest BCUT2D eigenvalue weighted by atomic mass is 16.7. The van der Waals surface area contributed by atoms with E-state index in [1.165, 1.54) is 0 Å². The van der Waals surface area contributed by atoms with Crippen molar-refractivity contribution >= 4 is 5.57 Å². The number of rotatable bonds is 5. The van der Waals surface area contributed by atoms with Crippen LogP contribution in [0, 0.1) is 13.8 Å². The Kier molecular flexibility index (Phi) is 5.43. The summed E-state index contributed by atoms with van der Waals surface area (Å²) in [7, 11) is 1.57. The van der Waals surface area contributed by atoms with Crippen LogP contribution in [0.15, 0.2) is 38.6 Å². The van der Waals surface area contributed by atoms with Gasteiger partial charge >= 0.3 is 5.63 Å². The zero-order valence-corrected chi connectivity index (χ0v) is 18.9. The SMILES string of the molecule is COc1c(C)c(/C(C)=C/C(C)=C/C(C)=C/[C@]2(C)O[C@H](C)[C@@]3(C)O[C@H]32)oc(=O)c1C. The fraction of sp³-hybridized carbons (Fsp3) is 0.542. The minimum atomic E-state index is -0.415. The van der Waals surface area contributed by atoms with Gasteiger partial charge in [0.15, 0.2) is 0 Å². The summed E-state index contributed by atoms with van der Waals surface area (Å²) in [6.45, 7) is 15.9. The summed E-state index contributed by atoms with van der Waals surface area (Å²) in [6.07, 6.45) is 6.42. The van der Waals surface area contributed by atoms with E-state index >= 15 is 0 Å². The molecule has 158 valence electrons. The van der Waals surface area contributed by atoms with Gasteiger partial charge in [-0.25, -0.2) is 4.79 Å². The predicted molar refractivity (Wildman–Crippen MR) is 114 cm³/mol. The van der Waals surface area contributed by atoms with Gasteiger partial charge in [0, 0.05) is 5.56 Å². The van der Waals surface area contributed by atoms with Crippen LogP contribution in [0.3, 0.4) is 0 Å². The third kappa shape index (κ3) is 3.74. The van der Waals surface area contributed by atoms with Crippen LogP contribution in [0.4, 0.5) is 0 Å². The normalized spacial score (nSPS) is 32.4. The second-order valence-corrected chi connectivity index (χ2v) is 8.73. The summed E-state index contributed by atoms with van der Waals surface area (Å²) < 4.78 is 23.0. The van der Waals surface area contributed by atoms with Crippen LogP contribution in [0.25, 0.3) is 5.57 Å². The van der Waals surface area contributed by atoms with Gasteiger partial charge in [0.1, 0.15) is 28.8 Å². The number of methoxy groups -OCH3 is 1. The smallest absolute Gasteiger partial charge is 0.342 e. The molecule has 4 atom stereocenters. The van der Waals surface area contributed by atoms with E-state index in [-0.39, 0.29) is 23.4 Å². The Balaban J connectivity index is 1.87. The van der Waals surface area contributed by atoms with Gasteiger partial charge in [-0.3, -0.25) is 0 Å². The van der Waals surface area contributed by atoms with E-state index in [0.29, 0.717) is 17.1 Å². The molecule has 2 aliphatic rings. The highest BCUT2D eigenvalue weighted by Gasteiger charge is 2.70. The highest BCUT2D eigenvalue weighted by Crippen LogP contribution is 2.55. The van der Waals surface area contributed by atoms with Gasteiger partial charge in [-0.15, -0.1) is 0 Å². The molecule has 5 heteroatoms. The summed E-state index contributed by atoms with van der Waals surface area (Å²) in [5, 5.41) is 0. The van der Waals surface area contributed by atoms with Crippen LogP contribution < -0.4 is 10.4 Å². The minimum Gasteiger partial charge on any atom is -0.496 e. The maximum Gasteiger partial charge on any atom is 0.342 e. The first kappa shape index (κ1) is 21.6. The van der Waals surface area contributed by atoms with Crippen LogP contribution in [0.5, 0.6) is 5.75 Å². The van der Waals surface area contributed by atoms with E-state index in [0.717, 1.165) is 22.3 Å². The molecule has 0 saturated carbocycles. The van der Waals surface area contributed by atoms with Crippen molar-refractivity contribution in [1.82, 2.24) is 0 Å². The standard InChI is InChI=1S/C24H32O5/c1-13(10-14(2)12-23(7)22-24(8,29-22)18(6)28-23)11-15(3)19-16(4)20(26-9)17(5)21(25)27-19/h10-12,18,22H,1-9H3/b13-10+,14-12+,15-11+/t18-,22+,23+,24-/m1/s1.